The molecule has 0 radical (unpaired) electrons. The van der Waals surface area contributed by atoms with Gasteiger partial charge in [0.05, 0.1) is 12.3 Å². The van der Waals surface area contributed by atoms with Gasteiger partial charge in [-0.1, -0.05) is 30.3 Å². The van der Waals surface area contributed by atoms with E-state index in [0.29, 0.717) is 17.3 Å². The van der Waals surface area contributed by atoms with Crippen LogP contribution in [0.1, 0.15) is 5.56 Å². The molecule has 0 atom stereocenters. The Morgan fingerprint density at radius 2 is 2.00 bits per heavy atom. The molecule has 0 saturated heterocycles. The van der Waals surface area contributed by atoms with Gasteiger partial charge < -0.3 is 5.73 Å². The molecule has 0 aliphatic rings. The lowest BCUT2D eigenvalue weighted by molar-refractivity contribution is 0.503. The fourth-order valence-corrected chi connectivity index (χ4v) is 3.16. The second-order valence-electron chi connectivity index (χ2n) is 3.60. The van der Waals surface area contributed by atoms with Crippen molar-refractivity contribution in [1.29, 1.82) is 0 Å². The van der Waals surface area contributed by atoms with Gasteiger partial charge in [-0.2, -0.15) is 20.2 Å². The van der Waals surface area contributed by atoms with E-state index in [2.05, 4.69) is 17.1 Å². The molecule has 0 saturated carbocycles. The van der Waals surface area contributed by atoms with Crippen LogP contribution in [0, 0.1) is 0 Å². The fourth-order valence-electron chi connectivity index (χ4n) is 1.20. The number of hydrogen-bond acceptors (Lipinski definition) is 5. The third-order valence-electron chi connectivity index (χ3n) is 2.02. The van der Waals surface area contributed by atoms with Gasteiger partial charge in [0.2, 0.25) is 0 Å². The average molecular weight is 320 g/mol. The summed E-state index contributed by atoms with van der Waals surface area (Å²) in [6, 6.07) is 10.1. The Hall–Kier alpha value is -0.700. The minimum atomic E-state index is -4.04. The zero-order chi connectivity index (χ0) is 14.1. The summed E-state index contributed by atoms with van der Waals surface area (Å²) in [5.41, 5.74) is 6.77. The third-order valence-corrected chi connectivity index (χ3v) is 4.99. The largest absolute Gasteiger partial charge is 0.387 e. The molecule has 3 N–H and O–H groups in total. The highest BCUT2D eigenvalue weighted by Crippen LogP contribution is 2.11. The summed E-state index contributed by atoms with van der Waals surface area (Å²) in [4.78, 5) is 4.04. The number of nitrogens with zero attached hydrogens (tertiary/aromatic N) is 1. The number of nitrogens with two attached hydrogens (primary N) is 1. The molecule has 0 heterocycles. The summed E-state index contributed by atoms with van der Waals surface area (Å²) in [6.45, 7) is 0.537. The Labute approximate surface area is 121 Å². The van der Waals surface area contributed by atoms with Crippen LogP contribution in [-0.4, -0.2) is 36.9 Å². The van der Waals surface area contributed by atoms with Gasteiger partial charge in [-0.05, 0) is 5.56 Å². The lowest BCUT2D eigenvalue weighted by Gasteiger charge is -2.01. The van der Waals surface area contributed by atoms with Crippen LogP contribution in [-0.2, 0) is 14.9 Å². The Morgan fingerprint density at radius 3 is 2.63 bits per heavy atom. The normalized spacial score (nSPS) is 12.6. The summed E-state index contributed by atoms with van der Waals surface area (Å²) in [5, 5.41) is 0. The molecule has 0 aliphatic carbocycles. The van der Waals surface area contributed by atoms with Gasteiger partial charge >= 0.3 is 9.15 Å². The zero-order valence-corrected chi connectivity index (χ0v) is 12.7. The molecule has 0 fully saturated rings. The standard InChI is InChI=1S/C11H16N2O3S3/c12-11(9-18-19(14,15)16)13-6-7-17-8-10-4-2-1-3-5-10/h1-5H,6-9H2,(H2,12,13)(H,14,15,16). The van der Waals surface area contributed by atoms with Crippen LogP contribution in [0.3, 0.4) is 0 Å². The topological polar surface area (TPSA) is 92.8 Å². The molecule has 1 aromatic carbocycles. The van der Waals surface area contributed by atoms with Gasteiger partial charge in [-0.3, -0.25) is 9.55 Å². The minimum Gasteiger partial charge on any atom is -0.387 e. The summed E-state index contributed by atoms with van der Waals surface area (Å²) in [5.74, 6) is 1.94. The van der Waals surface area contributed by atoms with E-state index in [1.165, 1.54) is 5.56 Å². The Kier molecular flexibility index (Phi) is 7.29. The first-order valence-corrected chi connectivity index (χ1v) is 9.59. The van der Waals surface area contributed by atoms with E-state index in [1.54, 1.807) is 11.8 Å². The van der Waals surface area contributed by atoms with Crippen LogP contribution >= 0.6 is 22.6 Å². The number of thioether (sulfide) groups is 1. The Balaban J connectivity index is 2.16. The molecule has 0 aliphatic heterocycles. The van der Waals surface area contributed by atoms with Gasteiger partial charge in [-0.25, -0.2) is 0 Å². The molecule has 0 aromatic heterocycles. The number of benzene rings is 1. The molecule has 19 heavy (non-hydrogen) atoms. The Morgan fingerprint density at radius 1 is 1.32 bits per heavy atom. The maximum atomic E-state index is 10.5. The van der Waals surface area contributed by atoms with E-state index in [4.69, 9.17) is 10.3 Å². The summed E-state index contributed by atoms with van der Waals surface area (Å²) >= 11 is 1.73. The molecular weight excluding hydrogens is 304 g/mol. The van der Waals surface area contributed by atoms with Crippen molar-refractivity contribution in [2.24, 2.45) is 10.7 Å². The number of rotatable bonds is 8. The van der Waals surface area contributed by atoms with E-state index in [1.807, 2.05) is 18.2 Å². The molecule has 0 amide bonds. The lowest BCUT2D eigenvalue weighted by Crippen LogP contribution is -2.16. The molecule has 5 nitrogen and oxygen atoms in total. The second-order valence-corrected chi connectivity index (χ2v) is 8.06. The molecule has 0 spiro atoms. The maximum Gasteiger partial charge on any atom is 0.320 e. The highest BCUT2D eigenvalue weighted by molar-refractivity contribution is 8.70. The van der Waals surface area contributed by atoms with Gasteiger partial charge in [0.15, 0.2) is 0 Å². The molecule has 8 heteroatoms. The highest BCUT2D eigenvalue weighted by atomic mass is 33.1. The van der Waals surface area contributed by atoms with Crippen LogP contribution in [0.5, 0.6) is 0 Å². The predicted octanol–water partition coefficient (Wildman–Crippen LogP) is 1.81. The monoisotopic (exact) mass is 320 g/mol. The van der Waals surface area contributed by atoms with Crippen molar-refractivity contribution in [2.45, 2.75) is 5.75 Å². The van der Waals surface area contributed by atoms with Gasteiger partial charge in [0.1, 0.15) is 5.84 Å². The van der Waals surface area contributed by atoms with Crippen molar-refractivity contribution in [2.75, 3.05) is 18.1 Å². The first-order valence-electron chi connectivity index (χ1n) is 5.49. The van der Waals surface area contributed by atoms with Crippen molar-refractivity contribution in [3.63, 3.8) is 0 Å². The van der Waals surface area contributed by atoms with Crippen molar-refractivity contribution >= 4 is 37.5 Å². The predicted molar refractivity (Wildman–Crippen MR) is 83.1 cm³/mol. The quantitative estimate of drug-likeness (QED) is 0.249. The average Bonchev–Trinajstić information content (AvgIpc) is 2.36. The van der Waals surface area contributed by atoms with Crippen LogP contribution in [0.2, 0.25) is 0 Å². The molecular formula is C11H16N2O3S3. The fraction of sp³-hybridized carbons (Fsp3) is 0.364. The number of aliphatic imine (C=N–C) groups is 1. The van der Waals surface area contributed by atoms with Crippen LogP contribution < -0.4 is 5.73 Å². The maximum absolute atomic E-state index is 10.5. The second kappa shape index (κ2) is 8.47. The van der Waals surface area contributed by atoms with E-state index in [9.17, 15) is 8.42 Å². The summed E-state index contributed by atoms with van der Waals surface area (Å²) < 4.78 is 29.5. The van der Waals surface area contributed by atoms with Crippen LogP contribution in [0.15, 0.2) is 35.3 Å². The third kappa shape index (κ3) is 8.93. The van der Waals surface area contributed by atoms with Gasteiger partial charge in [0.25, 0.3) is 0 Å². The SMILES string of the molecule is NC(CSS(=O)(=O)O)=NCCSCc1ccccc1. The van der Waals surface area contributed by atoms with E-state index in [0.717, 1.165) is 11.5 Å². The van der Waals surface area contributed by atoms with Crippen LogP contribution in [0.4, 0.5) is 0 Å². The molecule has 0 unspecified atom stereocenters. The molecule has 1 aromatic rings. The van der Waals surface area contributed by atoms with Gasteiger partial charge in [-0.15, -0.1) is 0 Å². The van der Waals surface area contributed by atoms with Crippen molar-refractivity contribution < 1.29 is 13.0 Å². The lowest BCUT2D eigenvalue weighted by atomic mass is 10.2. The first-order chi connectivity index (χ1) is 8.97. The van der Waals surface area contributed by atoms with Crippen molar-refractivity contribution in [3.05, 3.63) is 35.9 Å². The van der Waals surface area contributed by atoms with Gasteiger partial charge in [0, 0.05) is 22.3 Å². The first kappa shape index (κ1) is 16.4. The smallest absolute Gasteiger partial charge is 0.320 e. The molecule has 106 valence electrons. The Bertz CT molecular complexity index is 503. The number of amidine groups is 1. The van der Waals surface area contributed by atoms with Crippen LogP contribution in [0.25, 0.3) is 0 Å². The highest BCUT2D eigenvalue weighted by Gasteiger charge is 2.06. The van der Waals surface area contributed by atoms with E-state index in [-0.39, 0.29) is 11.6 Å². The minimum absolute atomic E-state index is 0.0117. The summed E-state index contributed by atoms with van der Waals surface area (Å²) in [7, 11) is -3.67. The number of hydrogen-bond donors (Lipinski definition) is 2. The van der Waals surface area contributed by atoms with E-state index < -0.39 is 9.15 Å². The molecule has 0 bridgehead atoms. The molecule has 1 rings (SSSR count). The van der Waals surface area contributed by atoms with Crippen molar-refractivity contribution in [3.8, 4) is 0 Å². The van der Waals surface area contributed by atoms with Crippen molar-refractivity contribution in [1.82, 2.24) is 0 Å². The summed E-state index contributed by atoms with van der Waals surface area (Å²) in [6.07, 6.45) is 0. The van der Waals surface area contributed by atoms with E-state index >= 15 is 0 Å². The zero-order valence-electron chi connectivity index (χ0n) is 10.2.